The van der Waals surface area contributed by atoms with Gasteiger partial charge in [0.05, 0.1) is 11.8 Å². The molecule has 2 aromatic rings. The van der Waals surface area contributed by atoms with Crippen molar-refractivity contribution in [2.75, 3.05) is 6.54 Å². The maximum atomic E-state index is 13.3. The topological polar surface area (TPSA) is 74.8 Å². The lowest BCUT2D eigenvalue weighted by Crippen LogP contribution is -2.52. The Bertz CT molecular complexity index is 1010. The van der Waals surface area contributed by atoms with Crippen molar-refractivity contribution in [2.24, 2.45) is 11.8 Å². The molecule has 0 bridgehead atoms. The summed E-state index contributed by atoms with van der Waals surface area (Å²) in [6, 6.07) is 12.3. The van der Waals surface area contributed by atoms with Crippen LogP contribution in [-0.2, 0) is 9.59 Å². The minimum Gasteiger partial charge on any atom is -0.292 e. The maximum absolute atomic E-state index is 13.3. The lowest BCUT2D eigenvalue weighted by atomic mass is 9.81. The first-order valence-electron chi connectivity index (χ1n) is 10.1. The molecule has 6 nitrogen and oxygen atoms in total. The third kappa shape index (κ3) is 4.23. The van der Waals surface area contributed by atoms with E-state index in [0.717, 1.165) is 22.9 Å². The molecule has 0 radical (unpaired) electrons. The number of carbonyl (C=O) groups is 4. The van der Waals surface area contributed by atoms with E-state index in [1.54, 1.807) is 36.4 Å². The van der Waals surface area contributed by atoms with E-state index in [9.17, 15) is 19.2 Å². The molecule has 2 atom stereocenters. The van der Waals surface area contributed by atoms with Crippen LogP contribution in [0.1, 0.15) is 46.4 Å². The fourth-order valence-corrected chi connectivity index (χ4v) is 4.47. The highest BCUT2D eigenvalue weighted by atomic mass is 35.5. The largest absolute Gasteiger partial charge is 0.292 e. The van der Waals surface area contributed by atoms with Crippen molar-refractivity contribution in [2.45, 2.75) is 25.7 Å². The van der Waals surface area contributed by atoms with Crippen LogP contribution in [0.5, 0.6) is 0 Å². The van der Waals surface area contributed by atoms with Gasteiger partial charge < -0.3 is 0 Å². The van der Waals surface area contributed by atoms with Gasteiger partial charge in [0.25, 0.3) is 17.7 Å². The summed E-state index contributed by atoms with van der Waals surface area (Å²) < 4.78 is 0. The lowest BCUT2D eigenvalue weighted by Gasteiger charge is -2.30. The van der Waals surface area contributed by atoms with Crippen molar-refractivity contribution >= 4 is 46.7 Å². The normalized spacial score (nSPS) is 20.5. The number of ketones is 1. The summed E-state index contributed by atoms with van der Waals surface area (Å²) in [5.41, 5.74) is 0.554. The van der Waals surface area contributed by atoms with Crippen molar-refractivity contribution in [1.82, 2.24) is 10.0 Å². The molecule has 0 unspecified atom stereocenters. The average molecular weight is 459 g/mol. The Labute approximate surface area is 189 Å². The molecule has 2 aromatic carbocycles. The Balaban J connectivity index is 1.68. The molecular weight excluding hydrogens is 439 g/mol. The fraction of sp³-hybridized carbons (Fsp3) is 0.304. The molecule has 0 spiro atoms. The van der Waals surface area contributed by atoms with Gasteiger partial charge in [-0.3, -0.25) is 19.2 Å². The first-order valence-corrected chi connectivity index (χ1v) is 10.9. The first-order chi connectivity index (χ1) is 14.9. The van der Waals surface area contributed by atoms with Gasteiger partial charge in [0, 0.05) is 21.2 Å². The van der Waals surface area contributed by atoms with Gasteiger partial charge in [-0.25, -0.2) is 5.01 Å². The van der Waals surface area contributed by atoms with Crippen LogP contribution in [0.15, 0.2) is 48.5 Å². The van der Waals surface area contributed by atoms with Crippen LogP contribution in [0.25, 0.3) is 0 Å². The van der Waals surface area contributed by atoms with Crippen molar-refractivity contribution in [3.8, 4) is 0 Å². The number of amides is 3. The third-order valence-electron chi connectivity index (χ3n) is 5.84. The standard InChI is InChI=1S/C23H20Cl2N2O4/c24-16-9-5-14(6-10-16)20(28)13-26(21(29)15-7-11-17(25)12-8-15)27-22(30)18-3-1-2-4-19(18)23(27)31/h5-12,18-19H,1-4,13H2/t18-,19-/m1/s1. The Kier molecular flexibility index (Phi) is 6.12. The zero-order valence-electron chi connectivity index (χ0n) is 16.6. The van der Waals surface area contributed by atoms with Gasteiger partial charge in [-0.15, -0.1) is 0 Å². The molecule has 2 aliphatic rings. The van der Waals surface area contributed by atoms with Crippen molar-refractivity contribution in [3.63, 3.8) is 0 Å². The summed E-state index contributed by atoms with van der Waals surface area (Å²) in [7, 11) is 0. The number of rotatable bonds is 5. The average Bonchev–Trinajstić information content (AvgIpc) is 3.03. The number of nitrogens with zero attached hydrogens (tertiary/aromatic N) is 2. The number of fused-ring (bicyclic) bond motifs is 1. The van der Waals surface area contributed by atoms with Crippen molar-refractivity contribution < 1.29 is 19.2 Å². The second-order valence-electron chi connectivity index (χ2n) is 7.79. The molecule has 31 heavy (non-hydrogen) atoms. The molecule has 2 fully saturated rings. The molecule has 1 heterocycles. The Morgan fingerprint density at radius 1 is 0.806 bits per heavy atom. The SMILES string of the molecule is O=C(CN(C(=O)c1ccc(Cl)cc1)N1C(=O)[C@@H]2CCCC[C@H]2C1=O)c1ccc(Cl)cc1. The number of hydrazine groups is 1. The molecule has 4 rings (SSSR count). The van der Waals surface area contributed by atoms with E-state index >= 15 is 0 Å². The molecule has 3 amide bonds. The van der Waals surface area contributed by atoms with Crippen LogP contribution in [-0.4, -0.2) is 40.1 Å². The minimum absolute atomic E-state index is 0.226. The van der Waals surface area contributed by atoms with E-state index in [0.29, 0.717) is 28.5 Å². The zero-order valence-corrected chi connectivity index (χ0v) is 18.1. The number of Topliss-reactive ketones (excluding diaryl/α,β-unsaturated/α-hetero) is 1. The van der Waals surface area contributed by atoms with Crippen molar-refractivity contribution in [1.29, 1.82) is 0 Å². The maximum Gasteiger partial charge on any atom is 0.273 e. The van der Waals surface area contributed by atoms with E-state index < -0.39 is 41.9 Å². The Hall–Kier alpha value is -2.70. The molecular formula is C23H20Cl2N2O4. The zero-order chi connectivity index (χ0) is 22.1. The monoisotopic (exact) mass is 458 g/mol. The highest BCUT2D eigenvalue weighted by Crippen LogP contribution is 2.39. The number of imide groups is 1. The van der Waals surface area contributed by atoms with Crippen LogP contribution < -0.4 is 0 Å². The molecule has 0 N–H and O–H groups in total. The van der Waals surface area contributed by atoms with E-state index in [2.05, 4.69) is 0 Å². The predicted molar refractivity (Wildman–Crippen MR) is 116 cm³/mol. The Morgan fingerprint density at radius 2 is 1.26 bits per heavy atom. The molecule has 160 valence electrons. The summed E-state index contributed by atoms with van der Waals surface area (Å²) in [6.07, 6.45) is 2.95. The quantitative estimate of drug-likeness (QED) is 0.491. The second-order valence-corrected chi connectivity index (χ2v) is 8.66. The minimum atomic E-state index is -0.612. The summed E-state index contributed by atoms with van der Waals surface area (Å²) in [5.74, 6) is -2.73. The number of hydrogen-bond acceptors (Lipinski definition) is 4. The number of benzene rings is 2. The molecule has 8 heteroatoms. The van der Waals surface area contributed by atoms with Crippen LogP contribution in [0, 0.1) is 11.8 Å². The Morgan fingerprint density at radius 3 is 1.74 bits per heavy atom. The van der Waals surface area contributed by atoms with Gasteiger partial charge in [0.15, 0.2) is 5.78 Å². The van der Waals surface area contributed by atoms with Crippen LogP contribution in [0.3, 0.4) is 0 Å². The molecule has 1 saturated carbocycles. The van der Waals surface area contributed by atoms with E-state index in [-0.39, 0.29) is 5.56 Å². The van der Waals surface area contributed by atoms with E-state index in [1.165, 1.54) is 12.1 Å². The smallest absolute Gasteiger partial charge is 0.273 e. The van der Waals surface area contributed by atoms with Crippen LogP contribution in [0.4, 0.5) is 0 Å². The van der Waals surface area contributed by atoms with Crippen LogP contribution in [0.2, 0.25) is 10.0 Å². The highest BCUT2D eigenvalue weighted by Gasteiger charge is 2.51. The number of hydrogen-bond donors (Lipinski definition) is 0. The number of halogens is 2. The summed E-state index contributed by atoms with van der Waals surface area (Å²) in [5, 5.41) is 2.79. The first kappa shape index (κ1) is 21.5. The molecule has 0 aromatic heterocycles. The molecule has 1 aliphatic carbocycles. The lowest BCUT2D eigenvalue weighted by molar-refractivity contribution is -0.154. The summed E-state index contributed by atoms with van der Waals surface area (Å²) in [4.78, 5) is 52.5. The van der Waals surface area contributed by atoms with Crippen LogP contribution >= 0.6 is 23.2 Å². The van der Waals surface area contributed by atoms with E-state index in [4.69, 9.17) is 23.2 Å². The second kappa shape index (κ2) is 8.81. The molecule has 1 saturated heterocycles. The summed E-state index contributed by atoms with van der Waals surface area (Å²) in [6.45, 7) is -0.444. The van der Waals surface area contributed by atoms with Gasteiger partial charge in [0.2, 0.25) is 0 Å². The van der Waals surface area contributed by atoms with E-state index in [1.807, 2.05) is 0 Å². The highest BCUT2D eigenvalue weighted by molar-refractivity contribution is 6.31. The van der Waals surface area contributed by atoms with Gasteiger partial charge in [-0.2, -0.15) is 5.01 Å². The van der Waals surface area contributed by atoms with Gasteiger partial charge in [-0.05, 0) is 61.4 Å². The summed E-state index contributed by atoms with van der Waals surface area (Å²) >= 11 is 11.8. The fourth-order valence-electron chi connectivity index (χ4n) is 4.22. The predicted octanol–water partition coefficient (Wildman–Crippen LogP) is 4.41. The number of carbonyl (C=O) groups excluding carboxylic acids is 4. The third-order valence-corrected chi connectivity index (χ3v) is 6.35. The van der Waals surface area contributed by atoms with Crippen molar-refractivity contribution in [3.05, 3.63) is 69.7 Å². The van der Waals surface area contributed by atoms with Gasteiger partial charge >= 0.3 is 0 Å². The van der Waals surface area contributed by atoms with Gasteiger partial charge in [-0.1, -0.05) is 36.0 Å². The van der Waals surface area contributed by atoms with Gasteiger partial charge in [0.1, 0.15) is 6.54 Å². The molecule has 1 aliphatic heterocycles.